The van der Waals surface area contributed by atoms with Crippen LogP contribution in [0, 0.1) is 13.8 Å². The van der Waals surface area contributed by atoms with E-state index in [0.717, 1.165) is 0 Å². The summed E-state index contributed by atoms with van der Waals surface area (Å²) >= 11 is 0. The Hall–Kier alpha value is -2.60. The van der Waals surface area contributed by atoms with E-state index in [-0.39, 0.29) is 0 Å². The highest BCUT2D eigenvalue weighted by molar-refractivity contribution is 6.34. The van der Waals surface area contributed by atoms with E-state index < -0.39 is 0 Å². The summed E-state index contributed by atoms with van der Waals surface area (Å²) in [6.07, 6.45) is 0. The van der Waals surface area contributed by atoms with Crippen LogP contribution in [-0.2, 0) is 0 Å². The molecule has 5 aromatic rings. The van der Waals surface area contributed by atoms with Crippen molar-refractivity contribution in [2.24, 2.45) is 0 Å². The number of benzene rings is 5. The van der Waals surface area contributed by atoms with Gasteiger partial charge in [-0.05, 0) is 68.1 Å². The monoisotopic (exact) mass is 280 g/mol. The van der Waals surface area contributed by atoms with E-state index in [1.807, 2.05) is 0 Å². The molecule has 0 spiro atoms. The van der Waals surface area contributed by atoms with Gasteiger partial charge in [-0.3, -0.25) is 0 Å². The van der Waals surface area contributed by atoms with Crippen molar-refractivity contribution in [3.63, 3.8) is 0 Å². The molecule has 0 saturated heterocycles. The Morgan fingerprint density at radius 1 is 0.409 bits per heavy atom. The lowest BCUT2D eigenvalue weighted by molar-refractivity contribution is 1.42. The number of hydrogen-bond donors (Lipinski definition) is 0. The molecule has 5 aromatic carbocycles. The summed E-state index contributed by atoms with van der Waals surface area (Å²) in [5.74, 6) is 0. The Morgan fingerprint density at radius 2 is 0.773 bits per heavy atom. The molecule has 0 N–H and O–H groups in total. The zero-order chi connectivity index (χ0) is 14.8. The Kier molecular flexibility index (Phi) is 2.17. The van der Waals surface area contributed by atoms with Gasteiger partial charge in [0.2, 0.25) is 0 Å². The molecule has 0 saturated carbocycles. The second-order valence-electron chi connectivity index (χ2n) is 6.25. The van der Waals surface area contributed by atoms with Crippen molar-refractivity contribution in [1.29, 1.82) is 0 Å². The summed E-state index contributed by atoms with van der Waals surface area (Å²) in [5.41, 5.74) is 2.81. The van der Waals surface area contributed by atoms with E-state index in [2.05, 4.69) is 74.5 Å². The van der Waals surface area contributed by atoms with Gasteiger partial charge < -0.3 is 0 Å². The van der Waals surface area contributed by atoms with Crippen LogP contribution in [0.3, 0.4) is 0 Å². The maximum atomic E-state index is 2.27. The van der Waals surface area contributed by atoms with Crippen molar-refractivity contribution < 1.29 is 0 Å². The van der Waals surface area contributed by atoms with E-state index in [1.165, 1.54) is 54.2 Å². The van der Waals surface area contributed by atoms with Crippen LogP contribution in [0.25, 0.3) is 43.1 Å². The Bertz CT molecular complexity index is 1080. The third-order valence-electron chi connectivity index (χ3n) is 5.26. The predicted molar refractivity (Wildman–Crippen MR) is 97.1 cm³/mol. The van der Waals surface area contributed by atoms with E-state index >= 15 is 0 Å². The van der Waals surface area contributed by atoms with Gasteiger partial charge in [0.1, 0.15) is 0 Å². The summed E-state index contributed by atoms with van der Waals surface area (Å²) in [5, 5.41) is 11.1. The van der Waals surface area contributed by atoms with Crippen molar-refractivity contribution in [2.45, 2.75) is 13.8 Å². The first-order valence-corrected chi connectivity index (χ1v) is 7.82. The van der Waals surface area contributed by atoms with Gasteiger partial charge in [-0.1, -0.05) is 60.7 Å². The van der Waals surface area contributed by atoms with Crippen LogP contribution >= 0.6 is 0 Å². The van der Waals surface area contributed by atoms with Crippen LogP contribution in [0.1, 0.15) is 11.1 Å². The van der Waals surface area contributed by atoms with Crippen LogP contribution in [0.2, 0.25) is 0 Å². The first-order chi connectivity index (χ1) is 10.8. The number of rotatable bonds is 0. The minimum Gasteiger partial charge on any atom is -0.0616 e. The molecule has 0 aliphatic heterocycles. The van der Waals surface area contributed by atoms with Crippen LogP contribution in [0.15, 0.2) is 60.7 Å². The van der Waals surface area contributed by atoms with Gasteiger partial charge in [0.05, 0.1) is 0 Å². The highest BCUT2D eigenvalue weighted by Crippen LogP contribution is 2.42. The summed E-state index contributed by atoms with van der Waals surface area (Å²) < 4.78 is 0. The summed E-state index contributed by atoms with van der Waals surface area (Å²) in [6.45, 7) is 4.50. The highest BCUT2D eigenvalue weighted by atomic mass is 14.2. The van der Waals surface area contributed by atoms with Crippen molar-refractivity contribution in [3.8, 4) is 0 Å². The van der Waals surface area contributed by atoms with Gasteiger partial charge in [0.15, 0.2) is 0 Å². The van der Waals surface area contributed by atoms with Crippen molar-refractivity contribution in [1.82, 2.24) is 0 Å². The molecule has 0 heteroatoms. The summed E-state index contributed by atoms with van der Waals surface area (Å²) in [7, 11) is 0. The van der Waals surface area contributed by atoms with Gasteiger partial charge >= 0.3 is 0 Å². The highest BCUT2D eigenvalue weighted by Gasteiger charge is 2.15. The van der Waals surface area contributed by atoms with Gasteiger partial charge in [0.25, 0.3) is 0 Å². The molecule has 104 valence electrons. The van der Waals surface area contributed by atoms with E-state index in [1.54, 1.807) is 0 Å². The van der Waals surface area contributed by atoms with E-state index in [9.17, 15) is 0 Å². The zero-order valence-electron chi connectivity index (χ0n) is 12.8. The number of fused-ring (bicyclic) bond motifs is 3. The number of aryl methyl sites for hydroxylation is 2. The third kappa shape index (κ3) is 1.28. The molecule has 0 unspecified atom stereocenters. The summed E-state index contributed by atoms with van der Waals surface area (Å²) in [4.78, 5) is 0. The quantitative estimate of drug-likeness (QED) is 0.229. The normalized spacial score (nSPS) is 12.1. The molecule has 22 heavy (non-hydrogen) atoms. The molecular weight excluding hydrogens is 264 g/mol. The molecular formula is C22H16. The maximum absolute atomic E-state index is 2.27. The molecule has 0 aliphatic rings. The minimum atomic E-state index is 1.36. The van der Waals surface area contributed by atoms with Crippen LogP contribution < -0.4 is 0 Å². The van der Waals surface area contributed by atoms with Gasteiger partial charge in [-0.2, -0.15) is 0 Å². The van der Waals surface area contributed by atoms with Gasteiger partial charge in [-0.15, -0.1) is 0 Å². The fourth-order valence-corrected chi connectivity index (χ4v) is 4.07. The lowest BCUT2D eigenvalue weighted by atomic mass is 9.85. The molecule has 0 aliphatic carbocycles. The fraction of sp³-hybridized carbons (Fsp3) is 0.0909. The van der Waals surface area contributed by atoms with E-state index in [0.29, 0.717) is 0 Å². The topological polar surface area (TPSA) is 0 Å². The zero-order valence-corrected chi connectivity index (χ0v) is 12.8. The minimum absolute atomic E-state index is 1.36. The molecule has 0 nitrogen and oxygen atoms in total. The van der Waals surface area contributed by atoms with Gasteiger partial charge in [0, 0.05) is 0 Å². The smallest absolute Gasteiger partial charge is 0.00175 e. The SMILES string of the molecule is Cc1c(C)c2cccc3c4ccccc4c4cccc1c4c23. The third-order valence-corrected chi connectivity index (χ3v) is 5.26. The van der Waals surface area contributed by atoms with Crippen LogP contribution in [-0.4, -0.2) is 0 Å². The molecule has 0 atom stereocenters. The Balaban J connectivity index is 2.33. The first-order valence-electron chi connectivity index (χ1n) is 7.82. The lowest BCUT2D eigenvalue weighted by Crippen LogP contribution is -1.92. The number of hydrogen-bond acceptors (Lipinski definition) is 0. The average Bonchev–Trinajstić information content (AvgIpc) is 2.58. The molecule has 0 bridgehead atoms. The maximum Gasteiger partial charge on any atom is -0.00175 e. The van der Waals surface area contributed by atoms with Crippen LogP contribution in [0.5, 0.6) is 0 Å². The fourth-order valence-electron chi connectivity index (χ4n) is 4.07. The average molecular weight is 280 g/mol. The molecule has 5 rings (SSSR count). The lowest BCUT2D eigenvalue weighted by Gasteiger charge is -2.18. The second kappa shape index (κ2) is 3.98. The second-order valence-corrected chi connectivity index (χ2v) is 6.25. The largest absolute Gasteiger partial charge is 0.0616 e. The molecule has 0 aromatic heterocycles. The molecule has 0 heterocycles. The predicted octanol–water partition coefficient (Wildman–Crippen LogP) is 6.35. The standard InChI is InChI=1S/C22H16/c1-13-14(2)16-10-6-12-20-18-8-4-3-7-17(18)19-11-5-9-15(13)21(19)22(16)20/h3-12H,1-2H3. The molecule has 0 fully saturated rings. The Labute approximate surface area is 129 Å². The summed E-state index contributed by atoms with van der Waals surface area (Å²) in [6, 6.07) is 22.3. The van der Waals surface area contributed by atoms with Crippen LogP contribution in [0.4, 0.5) is 0 Å². The van der Waals surface area contributed by atoms with E-state index in [4.69, 9.17) is 0 Å². The molecule has 0 amide bonds. The van der Waals surface area contributed by atoms with Crippen molar-refractivity contribution in [2.75, 3.05) is 0 Å². The van der Waals surface area contributed by atoms with Gasteiger partial charge in [-0.25, -0.2) is 0 Å². The Morgan fingerprint density at radius 3 is 1.23 bits per heavy atom. The first kappa shape index (κ1) is 12.0. The molecule has 0 radical (unpaired) electrons. The van der Waals surface area contributed by atoms with Crippen molar-refractivity contribution in [3.05, 3.63) is 71.8 Å². The van der Waals surface area contributed by atoms with Crippen molar-refractivity contribution >= 4 is 43.1 Å².